The van der Waals surface area contributed by atoms with E-state index in [2.05, 4.69) is 25.3 Å². The number of ether oxygens (including phenoxy) is 1. The van der Waals surface area contributed by atoms with Gasteiger partial charge in [0.15, 0.2) is 0 Å². The number of hydrogen-bond acceptors (Lipinski definition) is 8. The number of rotatable bonds is 10. The summed E-state index contributed by atoms with van der Waals surface area (Å²) in [7, 11) is 3.74. The lowest BCUT2D eigenvalue weighted by atomic mass is 9.81. The quantitative estimate of drug-likeness (QED) is 0.197. The molecule has 0 radical (unpaired) electrons. The Morgan fingerprint density at radius 3 is 2.31 bits per heavy atom. The first-order chi connectivity index (χ1) is 22.8. The number of nitrogens with one attached hydrogen (secondary N) is 3. The maximum atomic E-state index is 14.4. The van der Waals surface area contributed by atoms with Crippen LogP contribution in [0, 0.1) is 11.8 Å². The van der Waals surface area contributed by atoms with Crippen LogP contribution >= 0.6 is 0 Å². The van der Waals surface area contributed by atoms with E-state index in [-0.39, 0.29) is 29.9 Å². The Kier molecular flexibility index (Phi) is 10.2. The lowest BCUT2D eigenvalue weighted by Crippen LogP contribution is -2.52. The number of anilines is 2. The standard InChI is InChI=1S/C35H44N8O5/c1-35(2,3)48-34(47)39-18-21-9-11-23(12-10-21)31(45)43(26-13-14-27-28(17-26)41-33(46)40-27)29(30(36)44)16-22-7-6-8-24(15-22)25-19-37-32(38-20-25)42(4)5/h6-8,13-15,17,19-21,23,29H,9-12,16,18H2,1-5H3,(H2,36,44)(H,39,47)(H2,40,41,46)/t21-,23-,29-/m0/s1. The van der Waals surface area contributed by atoms with Gasteiger partial charge in [0.1, 0.15) is 11.6 Å². The minimum Gasteiger partial charge on any atom is -0.444 e. The maximum absolute atomic E-state index is 14.4. The first kappa shape index (κ1) is 34.1. The molecular formula is C35H44N8O5. The Morgan fingerprint density at radius 1 is 0.979 bits per heavy atom. The molecule has 5 rings (SSSR count). The van der Waals surface area contributed by atoms with Gasteiger partial charge in [-0.25, -0.2) is 19.6 Å². The number of H-pyrrole nitrogens is 2. The molecule has 4 aromatic rings. The van der Waals surface area contributed by atoms with Crippen molar-refractivity contribution in [1.82, 2.24) is 25.3 Å². The normalized spacial score (nSPS) is 17.0. The molecule has 2 aromatic carbocycles. The molecule has 48 heavy (non-hydrogen) atoms. The van der Waals surface area contributed by atoms with Gasteiger partial charge in [0.2, 0.25) is 17.8 Å². The van der Waals surface area contributed by atoms with E-state index in [1.54, 1.807) is 30.6 Å². The number of aromatic nitrogens is 4. The predicted molar refractivity (Wildman–Crippen MR) is 185 cm³/mol. The predicted octanol–water partition coefficient (Wildman–Crippen LogP) is 4.14. The van der Waals surface area contributed by atoms with Crippen molar-refractivity contribution < 1.29 is 19.1 Å². The Labute approximate surface area is 279 Å². The fourth-order valence-electron chi connectivity index (χ4n) is 6.10. The highest BCUT2D eigenvalue weighted by Crippen LogP contribution is 2.33. The number of primary amides is 1. The fourth-order valence-corrected chi connectivity index (χ4v) is 6.10. The van der Waals surface area contributed by atoms with Crippen LogP contribution < -0.4 is 26.5 Å². The lowest BCUT2D eigenvalue weighted by molar-refractivity contribution is -0.127. The Hall–Kier alpha value is -5.20. The third-order valence-electron chi connectivity index (χ3n) is 8.51. The summed E-state index contributed by atoms with van der Waals surface area (Å²) in [6.07, 6.45) is 5.82. The van der Waals surface area contributed by atoms with Crippen molar-refractivity contribution in [3.63, 3.8) is 0 Å². The molecule has 0 aliphatic heterocycles. The molecule has 3 amide bonds. The van der Waals surface area contributed by atoms with Gasteiger partial charge in [0.05, 0.1) is 11.0 Å². The average molecular weight is 657 g/mol. The molecule has 2 heterocycles. The molecule has 1 fully saturated rings. The number of nitrogens with zero attached hydrogens (tertiary/aromatic N) is 4. The Bertz CT molecular complexity index is 1820. The van der Waals surface area contributed by atoms with Crippen LogP contribution in [0.5, 0.6) is 0 Å². The SMILES string of the molecule is CN(C)c1ncc(-c2cccc(C[C@@H](C(N)=O)N(c3ccc4[nH]c(=O)[nH]c4c3)C(=O)[C@H]3CC[C@H](CNC(=O)OC(C)(C)C)CC3)c2)cn1. The lowest BCUT2D eigenvalue weighted by Gasteiger charge is -2.36. The molecule has 13 heteroatoms. The van der Waals surface area contributed by atoms with Crippen molar-refractivity contribution in [3.05, 3.63) is 70.9 Å². The van der Waals surface area contributed by atoms with E-state index in [9.17, 15) is 19.2 Å². The summed E-state index contributed by atoms with van der Waals surface area (Å²) in [6, 6.07) is 11.8. The third-order valence-corrected chi connectivity index (χ3v) is 8.51. The monoisotopic (exact) mass is 656 g/mol. The van der Waals surface area contributed by atoms with E-state index in [1.165, 1.54) is 4.90 Å². The summed E-state index contributed by atoms with van der Waals surface area (Å²) < 4.78 is 5.36. The second-order valence-corrected chi connectivity index (χ2v) is 13.6. The molecular weight excluding hydrogens is 612 g/mol. The highest BCUT2D eigenvalue weighted by Gasteiger charge is 2.36. The van der Waals surface area contributed by atoms with Gasteiger partial charge in [0.25, 0.3) is 0 Å². The molecule has 254 valence electrons. The Balaban J connectivity index is 1.39. The summed E-state index contributed by atoms with van der Waals surface area (Å²) in [4.78, 5) is 69.4. The smallest absolute Gasteiger partial charge is 0.407 e. The Morgan fingerprint density at radius 2 is 1.67 bits per heavy atom. The molecule has 1 saturated carbocycles. The average Bonchev–Trinajstić information content (AvgIpc) is 3.42. The summed E-state index contributed by atoms with van der Waals surface area (Å²) in [5.41, 5.74) is 9.14. The number of alkyl carbamates (subject to hydrolysis) is 1. The molecule has 2 aromatic heterocycles. The van der Waals surface area contributed by atoms with Gasteiger partial charge in [-0.05, 0) is 81.7 Å². The topological polar surface area (TPSA) is 179 Å². The highest BCUT2D eigenvalue weighted by atomic mass is 16.6. The molecule has 1 aliphatic rings. The van der Waals surface area contributed by atoms with E-state index < -0.39 is 23.6 Å². The molecule has 13 nitrogen and oxygen atoms in total. The number of nitrogens with two attached hydrogens (primary N) is 1. The second kappa shape index (κ2) is 14.3. The number of aromatic amines is 2. The molecule has 0 spiro atoms. The first-order valence-corrected chi connectivity index (χ1v) is 16.2. The van der Waals surface area contributed by atoms with E-state index in [1.807, 2.05) is 64.0 Å². The van der Waals surface area contributed by atoms with Gasteiger partial charge < -0.3 is 30.7 Å². The number of benzene rings is 2. The van der Waals surface area contributed by atoms with Crippen molar-refractivity contribution in [2.45, 2.75) is 64.5 Å². The van der Waals surface area contributed by atoms with Gasteiger partial charge in [0, 0.05) is 56.6 Å². The molecule has 0 bridgehead atoms. The van der Waals surface area contributed by atoms with Crippen LogP contribution in [0.2, 0.25) is 0 Å². The van der Waals surface area contributed by atoms with Crippen molar-refractivity contribution in [2.75, 3.05) is 30.4 Å². The summed E-state index contributed by atoms with van der Waals surface area (Å²) >= 11 is 0. The molecule has 0 saturated heterocycles. The molecule has 0 unspecified atom stereocenters. The van der Waals surface area contributed by atoms with Crippen LogP contribution in [-0.2, 0) is 20.7 Å². The van der Waals surface area contributed by atoms with Gasteiger partial charge >= 0.3 is 11.8 Å². The van der Waals surface area contributed by atoms with Crippen LogP contribution in [-0.4, -0.2) is 70.1 Å². The van der Waals surface area contributed by atoms with Crippen LogP contribution in [0.4, 0.5) is 16.4 Å². The third kappa shape index (κ3) is 8.38. The van der Waals surface area contributed by atoms with Gasteiger partial charge in [-0.1, -0.05) is 24.3 Å². The van der Waals surface area contributed by atoms with Gasteiger partial charge in [-0.2, -0.15) is 0 Å². The molecule has 1 aliphatic carbocycles. The zero-order valence-corrected chi connectivity index (χ0v) is 28.1. The zero-order valence-electron chi connectivity index (χ0n) is 28.1. The number of carbonyl (C=O) groups excluding carboxylic acids is 3. The maximum Gasteiger partial charge on any atom is 0.407 e. The van der Waals surface area contributed by atoms with Crippen LogP contribution in [0.1, 0.15) is 52.0 Å². The summed E-state index contributed by atoms with van der Waals surface area (Å²) in [5, 5.41) is 2.85. The minimum absolute atomic E-state index is 0.169. The van der Waals surface area contributed by atoms with E-state index in [0.717, 1.165) is 29.5 Å². The fraction of sp³-hybridized carbons (Fsp3) is 0.429. The van der Waals surface area contributed by atoms with Crippen molar-refractivity contribution in [3.8, 4) is 11.1 Å². The number of hydrogen-bond donors (Lipinski definition) is 4. The van der Waals surface area contributed by atoms with Crippen LogP contribution in [0.25, 0.3) is 22.2 Å². The van der Waals surface area contributed by atoms with Crippen LogP contribution in [0.3, 0.4) is 0 Å². The van der Waals surface area contributed by atoms with Gasteiger partial charge in [-0.15, -0.1) is 0 Å². The van der Waals surface area contributed by atoms with Crippen molar-refractivity contribution in [1.29, 1.82) is 0 Å². The van der Waals surface area contributed by atoms with Crippen molar-refractivity contribution >= 4 is 40.6 Å². The summed E-state index contributed by atoms with van der Waals surface area (Å²) in [6.45, 7) is 5.90. The first-order valence-electron chi connectivity index (χ1n) is 16.2. The van der Waals surface area contributed by atoms with E-state index in [0.29, 0.717) is 42.1 Å². The van der Waals surface area contributed by atoms with Crippen LogP contribution in [0.15, 0.2) is 59.7 Å². The second-order valence-electron chi connectivity index (χ2n) is 13.6. The van der Waals surface area contributed by atoms with Gasteiger partial charge in [-0.3, -0.25) is 14.5 Å². The number of carbonyl (C=O) groups is 3. The minimum atomic E-state index is -1.00. The number of imidazole rings is 1. The van der Waals surface area contributed by atoms with E-state index >= 15 is 0 Å². The number of fused-ring (bicyclic) bond motifs is 1. The zero-order chi connectivity index (χ0) is 34.6. The molecule has 1 atom stereocenters. The van der Waals surface area contributed by atoms with Crippen molar-refractivity contribution in [2.24, 2.45) is 17.6 Å². The van der Waals surface area contributed by atoms with E-state index in [4.69, 9.17) is 10.5 Å². The molecule has 5 N–H and O–H groups in total. The summed E-state index contributed by atoms with van der Waals surface area (Å²) in [5.74, 6) is -0.429. The highest BCUT2D eigenvalue weighted by molar-refractivity contribution is 6.02. The number of amides is 3. The largest absolute Gasteiger partial charge is 0.444 e.